The maximum Gasteiger partial charge on any atom is 0.344 e. The van der Waals surface area contributed by atoms with E-state index in [9.17, 15) is 9.18 Å². The van der Waals surface area contributed by atoms with Crippen LogP contribution in [0.4, 0.5) is 4.39 Å². The number of rotatable bonds is 6. The lowest BCUT2D eigenvalue weighted by Crippen LogP contribution is -2.18. The number of carbonyl (C=O) groups excluding carboxylic acids is 1. The average molecular weight is 255 g/mol. The van der Waals surface area contributed by atoms with E-state index >= 15 is 0 Å². The van der Waals surface area contributed by atoms with Crippen molar-refractivity contribution < 1.29 is 18.7 Å². The van der Waals surface area contributed by atoms with Crippen LogP contribution in [0.5, 0.6) is 5.75 Å². The summed E-state index contributed by atoms with van der Waals surface area (Å²) >= 11 is 0. The first-order valence-corrected chi connectivity index (χ1v) is 5.83. The van der Waals surface area contributed by atoms with Crippen LogP contribution in [0.2, 0.25) is 0 Å². The van der Waals surface area contributed by atoms with Gasteiger partial charge in [0.15, 0.2) is 6.61 Å². The lowest BCUT2D eigenvalue weighted by atomic mass is 10.1. The SMILES string of the molecule is CCOC(=O)COc1ccc(F)cc1C(C)NC. The van der Waals surface area contributed by atoms with Gasteiger partial charge in [0.2, 0.25) is 0 Å². The molecule has 1 unspecified atom stereocenters. The minimum Gasteiger partial charge on any atom is -0.482 e. The van der Waals surface area contributed by atoms with E-state index in [4.69, 9.17) is 9.47 Å². The Hall–Kier alpha value is -1.62. The molecule has 1 rings (SSSR count). The Kier molecular flexibility index (Phi) is 5.58. The van der Waals surface area contributed by atoms with Crippen LogP contribution in [0.25, 0.3) is 0 Å². The van der Waals surface area contributed by atoms with E-state index in [2.05, 4.69) is 5.32 Å². The lowest BCUT2D eigenvalue weighted by Gasteiger charge is -2.16. The smallest absolute Gasteiger partial charge is 0.344 e. The molecule has 0 amide bonds. The Bertz CT molecular complexity index is 409. The molecule has 0 radical (unpaired) electrons. The van der Waals surface area contributed by atoms with E-state index < -0.39 is 5.97 Å². The van der Waals surface area contributed by atoms with Gasteiger partial charge in [-0.3, -0.25) is 0 Å². The molecule has 0 saturated heterocycles. The number of nitrogens with one attached hydrogen (secondary N) is 1. The van der Waals surface area contributed by atoms with Gasteiger partial charge in [-0.2, -0.15) is 0 Å². The fourth-order valence-corrected chi connectivity index (χ4v) is 1.48. The van der Waals surface area contributed by atoms with Crippen molar-refractivity contribution in [3.8, 4) is 5.75 Å². The second-order valence-corrected chi connectivity index (χ2v) is 3.79. The van der Waals surface area contributed by atoms with Crippen molar-refractivity contribution in [1.29, 1.82) is 0 Å². The van der Waals surface area contributed by atoms with Gasteiger partial charge < -0.3 is 14.8 Å². The first kappa shape index (κ1) is 14.4. The third-order valence-electron chi connectivity index (χ3n) is 2.52. The van der Waals surface area contributed by atoms with Crippen LogP contribution in [0.1, 0.15) is 25.5 Å². The molecule has 1 aromatic rings. The van der Waals surface area contributed by atoms with Gasteiger partial charge in [-0.05, 0) is 39.1 Å². The summed E-state index contributed by atoms with van der Waals surface area (Å²) in [5.74, 6) is -0.299. The quantitative estimate of drug-likeness (QED) is 0.790. The Balaban J connectivity index is 2.78. The third kappa shape index (κ3) is 4.00. The highest BCUT2D eigenvalue weighted by molar-refractivity contribution is 5.71. The molecule has 18 heavy (non-hydrogen) atoms. The van der Waals surface area contributed by atoms with E-state index in [-0.39, 0.29) is 18.5 Å². The van der Waals surface area contributed by atoms with E-state index in [0.717, 1.165) is 0 Å². The standard InChI is InChI=1S/C13H18FNO3/c1-4-17-13(16)8-18-12-6-5-10(14)7-11(12)9(2)15-3/h5-7,9,15H,4,8H2,1-3H3. The molecule has 0 spiro atoms. The van der Waals surface area contributed by atoms with Gasteiger partial charge in [0, 0.05) is 11.6 Å². The minimum absolute atomic E-state index is 0.0714. The summed E-state index contributed by atoms with van der Waals surface area (Å²) < 4.78 is 23.3. The van der Waals surface area contributed by atoms with Crippen LogP contribution in [0.3, 0.4) is 0 Å². The van der Waals surface area contributed by atoms with Crippen LogP contribution in [-0.2, 0) is 9.53 Å². The molecule has 0 bridgehead atoms. The highest BCUT2D eigenvalue weighted by Gasteiger charge is 2.13. The lowest BCUT2D eigenvalue weighted by molar-refractivity contribution is -0.145. The van der Waals surface area contributed by atoms with E-state index in [1.807, 2.05) is 6.92 Å². The van der Waals surface area contributed by atoms with Crippen molar-refractivity contribution in [2.24, 2.45) is 0 Å². The van der Waals surface area contributed by atoms with Crippen molar-refractivity contribution in [2.45, 2.75) is 19.9 Å². The summed E-state index contributed by atoms with van der Waals surface area (Å²) in [6, 6.07) is 4.13. The first-order valence-electron chi connectivity index (χ1n) is 5.83. The Morgan fingerprint density at radius 3 is 2.83 bits per heavy atom. The number of benzene rings is 1. The average Bonchev–Trinajstić information content (AvgIpc) is 2.36. The van der Waals surface area contributed by atoms with Crippen molar-refractivity contribution in [3.05, 3.63) is 29.6 Å². The molecule has 0 aromatic heterocycles. The number of esters is 1. The van der Waals surface area contributed by atoms with E-state index in [1.165, 1.54) is 18.2 Å². The summed E-state index contributed by atoms with van der Waals surface area (Å²) in [7, 11) is 1.77. The van der Waals surface area contributed by atoms with Crippen molar-refractivity contribution in [1.82, 2.24) is 5.32 Å². The van der Waals surface area contributed by atoms with Gasteiger partial charge in [0.25, 0.3) is 0 Å². The molecule has 0 fully saturated rings. The minimum atomic E-state index is -0.440. The monoisotopic (exact) mass is 255 g/mol. The third-order valence-corrected chi connectivity index (χ3v) is 2.52. The zero-order valence-electron chi connectivity index (χ0n) is 10.8. The van der Waals surface area contributed by atoms with Gasteiger partial charge in [-0.15, -0.1) is 0 Å². The largest absolute Gasteiger partial charge is 0.482 e. The van der Waals surface area contributed by atoms with Crippen LogP contribution in [0.15, 0.2) is 18.2 Å². The maximum absolute atomic E-state index is 13.2. The number of hydrogen-bond donors (Lipinski definition) is 1. The second kappa shape index (κ2) is 6.96. The molecule has 4 nitrogen and oxygen atoms in total. The topological polar surface area (TPSA) is 47.6 Å². The van der Waals surface area contributed by atoms with Gasteiger partial charge >= 0.3 is 5.97 Å². The molecular formula is C13H18FNO3. The summed E-state index contributed by atoms with van der Waals surface area (Å²) in [6.45, 7) is 3.74. The second-order valence-electron chi connectivity index (χ2n) is 3.79. The molecule has 5 heteroatoms. The predicted octanol–water partition coefficient (Wildman–Crippen LogP) is 2.05. The molecule has 1 N–H and O–H groups in total. The molecule has 0 aliphatic rings. The van der Waals surface area contributed by atoms with Gasteiger partial charge in [0.05, 0.1) is 6.61 Å². The fourth-order valence-electron chi connectivity index (χ4n) is 1.48. The molecule has 100 valence electrons. The van der Waals surface area contributed by atoms with Crippen molar-refractivity contribution in [3.63, 3.8) is 0 Å². The molecule has 0 heterocycles. The zero-order chi connectivity index (χ0) is 13.5. The summed E-state index contributed by atoms with van der Waals surface area (Å²) in [4.78, 5) is 11.2. The van der Waals surface area contributed by atoms with Crippen molar-refractivity contribution in [2.75, 3.05) is 20.3 Å². The van der Waals surface area contributed by atoms with E-state index in [0.29, 0.717) is 17.9 Å². The zero-order valence-corrected chi connectivity index (χ0v) is 10.8. The summed E-state index contributed by atoms with van der Waals surface area (Å²) in [5.41, 5.74) is 0.668. The maximum atomic E-state index is 13.2. The molecular weight excluding hydrogens is 237 g/mol. The molecule has 1 atom stereocenters. The summed E-state index contributed by atoms with van der Waals surface area (Å²) in [5, 5.41) is 3.00. The highest BCUT2D eigenvalue weighted by atomic mass is 19.1. The van der Waals surface area contributed by atoms with Crippen molar-refractivity contribution >= 4 is 5.97 Å². The fraction of sp³-hybridized carbons (Fsp3) is 0.462. The molecule has 0 saturated carbocycles. The van der Waals surface area contributed by atoms with Crippen LogP contribution in [0, 0.1) is 5.82 Å². The summed E-state index contributed by atoms with van der Waals surface area (Å²) in [6.07, 6.45) is 0. The van der Waals surface area contributed by atoms with Gasteiger partial charge in [-0.25, -0.2) is 9.18 Å². The number of halogens is 1. The number of hydrogen-bond acceptors (Lipinski definition) is 4. The van der Waals surface area contributed by atoms with Crippen LogP contribution in [-0.4, -0.2) is 26.2 Å². The normalized spacial score (nSPS) is 12.0. The van der Waals surface area contributed by atoms with Crippen LogP contribution < -0.4 is 10.1 Å². The van der Waals surface area contributed by atoms with E-state index in [1.54, 1.807) is 14.0 Å². The molecule has 1 aromatic carbocycles. The number of ether oxygens (including phenoxy) is 2. The number of carbonyl (C=O) groups is 1. The Morgan fingerprint density at radius 2 is 2.22 bits per heavy atom. The van der Waals surface area contributed by atoms with Gasteiger partial charge in [0.1, 0.15) is 11.6 Å². The highest BCUT2D eigenvalue weighted by Crippen LogP contribution is 2.25. The Labute approximate surface area is 106 Å². The molecule has 0 aliphatic carbocycles. The molecule has 0 aliphatic heterocycles. The Morgan fingerprint density at radius 1 is 1.50 bits per heavy atom. The van der Waals surface area contributed by atoms with Gasteiger partial charge in [-0.1, -0.05) is 0 Å². The first-order chi connectivity index (χ1) is 8.58. The van der Waals surface area contributed by atoms with Crippen LogP contribution >= 0.6 is 0 Å². The predicted molar refractivity (Wildman–Crippen MR) is 66.0 cm³/mol.